The number of benzene rings is 1. The second-order valence-electron chi connectivity index (χ2n) is 7.49. The molecule has 4 heteroatoms. The van der Waals surface area contributed by atoms with Gasteiger partial charge in [-0.05, 0) is 49.1 Å². The lowest BCUT2D eigenvalue weighted by atomic mass is 9.89. The van der Waals surface area contributed by atoms with E-state index in [1.807, 2.05) is 24.3 Å². The third-order valence-corrected chi connectivity index (χ3v) is 5.61. The first-order chi connectivity index (χ1) is 11.0. The number of halogens is 1. The first-order valence-electron chi connectivity index (χ1n) is 8.82. The topological polar surface area (TPSA) is 41.1 Å². The van der Waals surface area contributed by atoms with Crippen molar-refractivity contribution in [3.63, 3.8) is 0 Å². The zero-order valence-corrected chi connectivity index (χ0v) is 14.8. The molecule has 1 aromatic carbocycles. The number of carbonyl (C=O) groups is 1. The van der Waals surface area contributed by atoms with Crippen molar-refractivity contribution in [3.05, 3.63) is 34.9 Å². The van der Waals surface area contributed by atoms with Crippen molar-refractivity contribution in [2.75, 3.05) is 0 Å². The molecular weight excluding hydrogens is 308 g/mol. The Labute approximate surface area is 144 Å². The van der Waals surface area contributed by atoms with Crippen LogP contribution in [-0.4, -0.2) is 18.0 Å². The SMILES string of the molecule is CC(C)C(NC(=O)CC1CC2CCC(C1)N2)c1ccccc1Cl. The molecule has 0 saturated carbocycles. The lowest BCUT2D eigenvalue weighted by Crippen LogP contribution is -2.40. The molecule has 2 N–H and O–H groups in total. The number of rotatable bonds is 5. The van der Waals surface area contributed by atoms with Crippen LogP contribution in [0.3, 0.4) is 0 Å². The van der Waals surface area contributed by atoms with Gasteiger partial charge in [-0.25, -0.2) is 0 Å². The highest BCUT2D eigenvalue weighted by atomic mass is 35.5. The van der Waals surface area contributed by atoms with Gasteiger partial charge in [-0.15, -0.1) is 0 Å². The van der Waals surface area contributed by atoms with Crippen molar-refractivity contribution in [1.82, 2.24) is 10.6 Å². The molecule has 2 heterocycles. The molecule has 3 rings (SSSR count). The summed E-state index contributed by atoms with van der Waals surface area (Å²) in [4.78, 5) is 12.6. The zero-order valence-electron chi connectivity index (χ0n) is 14.0. The summed E-state index contributed by atoms with van der Waals surface area (Å²) in [6, 6.07) is 9.06. The van der Waals surface area contributed by atoms with Gasteiger partial charge in [0.2, 0.25) is 5.91 Å². The van der Waals surface area contributed by atoms with Crippen LogP contribution in [0.25, 0.3) is 0 Å². The molecule has 3 nitrogen and oxygen atoms in total. The molecule has 2 bridgehead atoms. The quantitative estimate of drug-likeness (QED) is 0.852. The average molecular weight is 335 g/mol. The summed E-state index contributed by atoms with van der Waals surface area (Å²) in [5.41, 5.74) is 1.02. The summed E-state index contributed by atoms with van der Waals surface area (Å²) in [6.07, 6.45) is 5.47. The molecule has 2 saturated heterocycles. The van der Waals surface area contributed by atoms with Crippen molar-refractivity contribution in [2.24, 2.45) is 11.8 Å². The summed E-state index contributed by atoms with van der Waals surface area (Å²) in [6.45, 7) is 4.25. The standard InChI is InChI=1S/C19H27ClN2O/c1-12(2)19(16-5-3-4-6-17(16)20)22-18(23)11-13-9-14-7-8-15(10-13)21-14/h3-6,12-15,19,21H,7-11H2,1-2H3,(H,22,23). The van der Waals surface area contributed by atoms with Gasteiger partial charge in [0.05, 0.1) is 6.04 Å². The van der Waals surface area contributed by atoms with Crippen molar-refractivity contribution >= 4 is 17.5 Å². The highest BCUT2D eigenvalue weighted by molar-refractivity contribution is 6.31. The zero-order chi connectivity index (χ0) is 16.4. The number of carbonyl (C=O) groups excluding carboxylic acids is 1. The number of hydrogen-bond donors (Lipinski definition) is 2. The van der Waals surface area contributed by atoms with Crippen LogP contribution in [0.5, 0.6) is 0 Å². The van der Waals surface area contributed by atoms with E-state index < -0.39 is 0 Å². The summed E-state index contributed by atoms with van der Waals surface area (Å²) in [7, 11) is 0. The van der Waals surface area contributed by atoms with Crippen LogP contribution in [0.4, 0.5) is 0 Å². The lowest BCUT2D eigenvalue weighted by molar-refractivity contribution is -0.123. The van der Waals surface area contributed by atoms with Gasteiger partial charge in [-0.1, -0.05) is 43.6 Å². The molecule has 1 amide bonds. The predicted octanol–water partition coefficient (Wildman–Crippen LogP) is 4.07. The Kier molecular flexibility index (Phi) is 5.27. The number of hydrogen-bond acceptors (Lipinski definition) is 2. The van der Waals surface area contributed by atoms with Gasteiger partial charge >= 0.3 is 0 Å². The molecular formula is C19H27ClN2O. The van der Waals surface area contributed by atoms with Gasteiger partial charge in [0.15, 0.2) is 0 Å². The summed E-state index contributed by atoms with van der Waals surface area (Å²) in [5.74, 6) is 0.991. The molecule has 0 spiro atoms. The number of piperidine rings is 1. The molecule has 0 aliphatic carbocycles. The molecule has 2 aliphatic rings. The number of amides is 1. The van der Waals surface area contributed by atoms with Crippen LogP contribution in [0.15, 0.2) is 24.3 Å². The van der Waals surface area contributed by atoms with Gasteiger partial charge < -0.3 is 10.6 Å². The third kappa shape index (κ3) is 4.07. The Morgan fingerprint density at radius 3 is 2.52 bits per heavy atom. The maximum absolute atomic E-state index is 12.6. The molecule has 2 fully saturated rings. The summed E-state index contributed by atoms with van der Waals surface area (Å²) >= 11 is 6.33. The largest absolute Gasteiger partial charge is 0.349 e. The molecule has 3 atom stereocenters. The van der Waals surface area contributed by atoms with Crippen LogP contribution in [0.2, 0.25) is 5.02 Å². The number of fused-ring (bicyclic) bond motifs is 2. The van der Waals surface area contributed by atoms with E-state index in [1.165, 1.54) is 12.8 Å². The van der Waals surface area contributed by atoms with E-state index in [1.54, 1.807) is 0 Å². The lowest BCUT2D eigenvalue weighted by Gasteiger charge is -2.30. The van der Waals surface area contributed by atoms with E-state index in [9.17, 15) is 4.79 Å². The van der Waals surface area contributed by atoms with Crippen LogP contribution < -0.4 is 10.6 Å². The first-order valence-corrected chi connectivity index (χ1v) is 9.20. The second kappa shape index (κ2) is 7.23. The minimum atomic E-state index is -0.0189. The fourth-order valence-electron chi connectivity index (χ4n) is 4.17. The monoisotopic (exact) mass is 334 g/mol. The third-order valence-electron chi connectivity index (χ3n) is 5.27. The van der Waals surface area contributed by atoms with E-state index in [2.05, 4.69) is 24.5 Å². The van der Waals surface area contributed by atoms with Crippen LogP contribution in [-0.2, 0) is 4.79 Å². The van der Waals surface area contributed by atoms with Gasteiger partial charge in [-0.3, -0.25) is 4.79 Å². The predicted molar refractivity (Wildman–Crippen MR) is 94.5 cm³/mol. The Hall–Kier alpha value is -1.06. The van der Waals surface area contributed by atoms with Crippen LogP contribution in [0.1, 0.15) is 57.6 Å². The van der Waals surface area contributed by atoms with Crippen molar-refractivity contribution in [1.29, 1.82) is 0 Å². The number of nitrogens with one attached hydrogen (secondary N) is 2. The minimum Gasteiger partial charge on any atom is -0.349 e. The fourth-order valence-corrected chi connectivity index (χ4v) is 4.42. The van der Waals surface area contributed by atoms with Crippen molar-refractivity contribution < 1.29 is 4.79 Å². The van der Waals surface area contributed by atoms with Gasteiger partial charge in [0.25, 0.3) is 0 Å². The Morgan fingerprint density at radius 2 is 1.91 bits per heavy atom. The highest BCUT2D eigenvalue weighted by Crippen LogP contribution is 2.33. The van der Waals surface area contributed by atoms with E-state index in [4.69, 9.17) is 11.6 Å². The summed E-state index contributed by atoms with van der Waals surface area (Å²) in [5, 5.41) is 7.59. The van der Waals surface area contributed by atoms with E-state index in [-0.39, 0.29) is 11.9 Å². The Balaban J connectivity index is 1.62. The molecule has 1 aromatic rings. The van der Waals surface area contributed by atoms with Crippen LogP contribution >= 0.6 is 11.6 Å². The van der Waals surface area contributed by atoms with Crippen LogP contribution in [0, 0.1) is 11.8 Å². The molecule has 2 aliphatic heterocycles. The van der Waals surface area contributed by atoms with Gasteiger partial charge in [-0.2, -0.15) is 0 Å². The molecule has 23 heavy (non-hydrogen) atoms. The Bertz CT molecular complexity index is 548. The second-order valence-corrected chi connectivity index (χ2v) is 7.90. The molecule has 0 aromatic heterocycles. The molecule has 3 unspecified atom stereocenters. The highest BCUT2D eigenvalue weighted by Gasteiger charge is 2.34. The van der Waals surface area contributed by atoms with E-state index in [0.29, 0.717) is 30.3 Å². The summed E-state index contributed by atoms with van der Waals surface area (Å²) < 4.78 is 0. The van der Waals surface area contributed by atoms with E-state index in [0.717, 1.165) is 23.4 Å². The van der Waals surface area contributed by atoms with Gasteiger partial charge in [0.1, 0.15) is 0 Å². The van der Waals surface area contributed by atoms with Crippen molar-refractivity contribution in [2.45, 2.75) is 64.1 Å². The van der Waals surface area contributed by atoms with E-state index >= 15 is 0 Å². The fraction of sp³-hybridized carbons (Fsp3) is 0.632. The average Bonchev–Trinajstić information content (AvgIpc) is 2.84. The normalized spacial score (nSPS) is 27.9. The van der Waals surface area contributed by atoms with Crippen molar-refractivity contribution in [3.8, 4) is 0 Å². The maximum atomic E-state index is 12.6. The Morgan fingerprint density at radius 1 is 1.26 bits per heavy atom. The minimum absolute atomic E-state index is 0.0189. The first kappa shape index (κ1) is 16.8. The maximum Gasteiger partial charge on any atom is 0.220 e. The van der Waals surface area contributed by atoms with Gasteiger partial charge in [0, 0.05) is 23.5 Å². The molecule has 126 valence electrons. The molecule has 0 radical (unpaired) electrons. The smallest absolute Gasteiger partial charge is 0.220 e.